The summed E-state index contributed by atoms with van der Waals surface area (Å²) >= 11 is 6.17. The lowest BCUT2D eigenvalue weighted by atomic mass is 10.0. The number of nitrogens with zero attached hydrogens (tertiary/aromatic N) is 2. The third kappa shape index (κ3) is 8.53. The van der Waals surface area contributed by atoms with Gasteiger partial charge >= 0.3 is 0 Å². The maximum absolute atomic E-state index is 14.8. The van der Waals surface area contributed by atoms with Gasteiger partial charge in [0.15, 0.2) is 0 Å². The van der Waals surface area contributed by atoms with Crippen molar-refractivity contribution in [1.29, 1.82) is 0 Å². The molecule has 0 aliphatic heterocycles. The topological polar surface area (TPSA) is 86.8 Å². The van der Waals surface area contributed by atoms with Gasteiger partial charge in [0.1, 0.15) is 18.4 Å². The molecular formula is C30H35ClFN3O4S. The van der Waals surface area contributed by atoms with E-state index in [-0.39, 0.29) is 30.1 Å². The number of hydrogen-bond donors (Lipinski definition) is 1. The molecule has 0 heterocycles. The third-order valence-electron chi connectivity index (χ3n) is 6.37. The van der Waals surface area contributed by atoms with Crippen LogP contribution in [0.25, 0.3) is 0 Å². The van der Waals surface area contributed by atoms with Gasteiger partial charge in [0.2, 0.25) is 21.8 Å². The molecule has 0 radical (unpaired) electrons. The fraction of sp³-hybridized carbons (Fsp3) is 0.333. The molecular weight excluding hydrogens is 553 g/mol. The van der Waals surface area contributed by atoms with Crippen LogP contribution in [0.4, 0.5) is 10.1 Å². The highest BCUT2D eigenvalue weighted by atomic mass is 35.5. The summed E-state index contributed by atoms with van der Waals surface area (Å²) in [6.07, 6.45) is 1.15. The minimum absolute atomic E-state index is 0.153. The van der Waals surface area contributed by atoms with E-state index in [1.807, 2.05) is 44.2 Å². The molecule has 1 N–H and O–H groups in total. The van der Waals surface area contributed by atoms with Crippen molar-refractivity contribution in [3.8, 4) is 0 Å². The number of anilines is 1. The Kier molecular flexibility index (Phi) is 10.7. The molecule has 0 aliphatic carbocycles. The Bertz CT molecular complexity index is 1430. The van der Waals surface area contributed by atoms with Crippen LogP contribution in [0, 0.1) is 18.7 Å². The van der Waals surface area contributed by atoms with E-state index in [9.17, 15) is 22.4 Å². The van der Waals surface area contributed by atoms with Crippen LogP contribution in [0.15, 0.2) is 72.8 Å². The van der Waals surface area contributed by atoms with E-state index < -0.39 is 40.2 Å². The van der Waals surface area contributed by atoms with Gasteiger partial charge < -0.3 is 10.2 Å². The Morgan fingerprint density at radius 3 is 2.27 bits per heavy atom. The van der Waals surface area contributed by atoms with Gasteiger partial charge in [-0.05, 0) is 42.2 Å². The average molecular weight is 588 g/mol. The number of amides is 2. The Morgan fingerprint density at radius 1 is 1.00 bits per heavy atom. The number of nitrogens with one attached hydrogen (secondary N) is 1. The van der Waals surface area contributed by atoms with Crippen molar-refractivity contribution < 1.29 is 22.4 Å². The van der Waals surface area contributed by atoms with Crippen LogP contribution in [0.5, 0.6) is 0 Å². The number of benzene rings is 3. The Hall–Kier alpha value is -3.43. The van der Waals surface area contributed by atoms with Crippen molar-refractivity contribution in [2.45, 2.75) is 39.8 Å². The Labute approximate surface area is 241 Å². The van der Waals surface area contributed by atoms with Gasteiger partial charge in [-0.2, -0.15) is 0 Å². The maximum atomic E-state index is 14.8. The number of carbonyl (C=O) groups excluding carboxylic acids is 2. The van der Waals surface area contributed by atoms with Crippen molar-refractivity contribution >= 4 is 39.1 Å². The van der Waals surface area contributed by atoms with Gasteiger partial charge in [-0.1, -0.05) is 80.0 Å². The molecule has 0 bridgehead atoms. The summed E-state index contributed by atoms with van der Waals surface area (Å²) in [6, 6.07) is 18.9. The number of hydrogen-bond acceptors (Lipinski definition) is 4. The van der Waals surface area contributed by atoms with Crippen LogP contribution < -0.4 is 9.62 Å². The number of halogens is 2. The number of sulfonamides is 1. The van der Waals surface area contributed by atoms with Gasteiger partial charge in [-0.15, -0.1) is 0 Å². The highest BCUT2D eigenvalue weighted by Crippen LogP contribution is 2.27. The standard InChI is InChI=1S/C30H35ClFN3O4S/c1-21(2)18-33-30(37)28(16-23-10-6-5-7-11-23)34(19-24-12-8-9-13-26(24)32)29(36)20-35(40(4,38)39)27-17-25(31)15-14-22(27)3/h5-15,17,21,28H,16,18-20H2,1-4H3,(H,33,37)/t28-/m0/s1. The lowest BCUT2D eigenvalue weighted by molar-refractivity contribution is -0.140. The van der Waals surface area contributed by atoms with E-state index in [2.05, 4.69) is 5.32 Å². The summed E-state index contributed by atoms with van der Waals surface area (Å²) in [5.41, 5.74) is 1.84. The lowest BCUT2D eigenvalue weighted by Crippen LogP contribution is -2.53. The molecule has 10 heteroatoms. The van der Waals surface area contributed by atoms with Gasteiger partial charge in [-0.3, -0.25) is 13.9 Å². The van der Waals surface area contributed by atoms with Gasteiger partial charge in [0.05, 0.1) is 11.9 Å². The van der Waals surface area contributed by atoms with E-state index in [0.29, 0.717) is 17.1 Å². The molecule has 3 rings (SSSR count). The first-order valence-corrected chi connectivity index (χ1v) is 15.2. The highest BCUT2D eigenvalue weighted by Gasteiger charge is 2.33. The Morgan fingerprint density at radius 2 is 1.65 bits per heavy atom. The van der Waals surface area contributed by atoms with E-state index >= 15 is 0 Å². The van der Waals surface area contributed by atoms with Crippen LogP contribution in [0.1, 0.15) is 30.5 Å². The van der Waals surface area contributed by atoms with Crippen molar-refractivity contribution in [2.24, 2.45) is 5.92 Å². The zero-order valence-corrected chi connectivity index (χ0v) is 24.7. The molecule has 214 valence electrons. The molecule has 0 saturated carbocycles. The summed E-state index contributed by atoms with van der Waals surface area (Å²) in [6.45, 7) is 5.16. The third-order valence-corrected chi connectivity index (χ3v) is 7.73. The summed E-state index contributed by atoms with van der Waals surface area (Å²) in [5.74, 6) is -1.45. The molecule has 0 aromatic heterocycles. The average Bonchev–Trinajstić information content (AvgIpc) is 2.90. The SMILES string of the molecule is Cc1ccc(Cl)cc1N(CC(=O)N(Cc1ccccc1F)[C@@H](Cc1ccccc1)C(=O)NCC(C)C)S(C)(=O)=O. The number of aryl methyl sites for hydroxylation is 1. The van der Waals surface area contributed by atoms with Crippen LogP contribution in [-0.2, 0) is 32.6 Å². The second kappa shape index (κ2) is 13.8. The van der Waals surface area contributed by atoms with Crippen LogP contribution >= 0.6 is 11.6 Å². The fourth-order valence-electron chi connectivity index (χ4n) is 4.23. The number of carbonyl (C=O) groups is 2. The van der Waals surface area contributed by atoms with Crippen molar-refractivity contribution in [3.63, 3.8) is 0 Å². The second-order valence-corrected chi connectivity index (χ2v) is 12.5. The predicted molar refractivity (Wildman–Crippen MR) is 157 cm³/mol. The molecule has 40 heavy (non-hydrogen) atoms. The van der Waals surface area contributed by atoms with Gasteiger partial charge in [-0.25, -0.2) is 12.8 Å². The van der Waals surface area contributed by atoms with Crippen LogP contribution in [0.2, 0.25) is 5.02 Å². The molecule has 3 aromatic rings. The molecule has 1 atom stereocenters. The highest BCUT2D eigenvalue weighted by molar-refractivity contribution is 7.92. The molecule has 0 unspecified atom stereocenters. The monoisotopic (exact) mass is 587 g/mol. The minimum Gasteiger partial charge on any atom is -0.354 e. The lowest BCUT2D eigenvalue weighted by Gasteiger charge is -2.34. The normalized spacial score (nSPS) is 12.2. The van der Waals surface area contributed by atoms with E-state index in [4.69, 9.17) is 11.6 Å². The van der Waals surface area contributed by atoms with Crippen LogP contribution in [-0.4, -0.2) is 50.5 Å². The minimum atomic E-state index is -3.94. The molecule has 0 aliphatic rings. The van der Waals surface area contributed by atoms with Crippen LogP contribution in [0.3, 0.4) is 0 Å². The van der Waals surface area contributed by atoms with Gasteiger partial charge in [0, 0.05) is 30.1 Å². The number of rotatable bonds is 12. The zero-order chi connectivity index (χ0) is 29.4. The first kappa shape index (κ1) is 31.1. The first-order valence-electron chi connectivity index (χ1n) is 12.9. The largest absolute Gasteiger partial charge is 0.354 e. The maximum Gasteiger partial charge on any atom is 0.244 e. The summed E-state index contributed by atoms with van der Waals surface area (Å²) in [7, 11) is -3.94. The molecule has 2 amide bonds. The van der Waals surface area contributed by atoms with E-state index in [1.165, 1.54) is 29.2 Å². The summed E-state index contributed by atoms with van der Waals surface area (Å²) in [4.78, 5) is 28.9. The van der Waals surface area contributed by atoms with Gasteiger partial charge in [0.25, 0.3) is 0 Å². The van der Waals surface area contributed by atoms with Crippen molar-refractivity contribution in [3.05, 3.63) is 100 Å². The quantitative estimate of drug-likeness (QED) is 0.324. The van der Waals surface area contributed by atoms with E-state index in [1.54, 1.807) is 25.1 Å². The van der Waals surface area contributed by atoms with Crippen molar-refractivity contribution in [1.82, 2.24) is 10.2 Å². The van der Waals surface area contributed by atoms with E-state index in [0.717, 1.165) is 16.1 Å². The Balaban J connectivity index is 2.08. The summed E-state index contributed by atoms with van der Waals surface area (Å²) in [5, 5.41) is 3.20. The second-order valence-electron chi connectivity index (χ2n) is 10.2. The molecule has 3 aromatic carbocycles. The van der Waals surface area contributed by atoms with Crippen molar-refractivity contribution in [2.75, 3.05) is 23.7 Å². The molecule has 7 nitrogen and oxygen atoms in total. The molecule has 0 spiro atoms. The smallest absolute Gasteiger partial charge is 0.244 e. The molecule has 0 fully saturated rings. The predicted octanol–water partition coefficient (Wildman–Crippen LogP) is 4.97. The first-order chi connectivity index (χ1) is 18.9. The summed E-state index contributed by atoms with van der Waals surface area (Å²) < 4.78 is 41.6. The molecule has 0 saturated heterocycles. The fourth-order valence-corrected chi connectivity index (χ4v) is 5.30. The zero-order valence-electron chi connectivity index (χ0n) is 23.1.